The van der Waals surface area contributed by atoms with Crippen molar-refractivity contribution >= 4 is 51.5 Å². The van der Waals surface area contributed by atoms with E-state index in [1.54, 1.807) is 30.3 Å². The predicted molar refractivity (Wildman–Crippen MR) is 144 cm³/mol. The van der Waals surface area contributed by atoms with Crippen LogP contribution >= 0.6 is 23.4 Å². The highest BCUT2D eigenvalue weighted by molar-refractivity contribution is 8.00. The minimum Gasteiger partial charge on any atom is -0.545 e. The van der Waals surface area contributed by atoms with Crippen LogP contribution in [0.1, 0.15) is 39.9 Å². The molecule has 5 atom stereocenters. The van der Waals surface area contributed by atoms with Gasteiger partial charge >= 0.3 is 0 Å². The van der Waals surface area contributed by atoms with Crippen LogP contribution in [0.15, 0.2) is 89.8 Å². The number of hydrogen-bond acceptors (Lipinski definition) is 6. The first-order valence-electron chi connectivity index (χ1n) is 12.1. The second-order valence-corrected chi connectivity index (χ2v) is 11.3. The molecule has 2 aliphatic rings. The Balaban J connectivity index is 1.47. The number of alkyl halides is 1. The number of carboxylic acid groups (broad SMARTS) is 1. The standard InChI is InChI=1S/C29H23ClN2O4S/c30-26-24(37-23-14-4-3-13-22(23)32(35)36)15-21-25(26)19-11-6-12-20(29(33)34)28(19)31-27(21)18-10-5-8-16-7-1-2-9-17(16)18/h1-14,21,24-27,31H,15H2,(H,33,34)/p-1/t21-,24-,25+,26-,27-/m0/s1. The van der Waals surface area contributed by atoms with Crippen LogP contribution in [0.3, 0.4) is 0 Å². The lowest BCUT2D eigenvalue weighted by Crippen LogP contribution is -2.34. The second kappa shape index (κ2) is 9.39. The number of nitro groups is 1. The van der Waals surface area contributed by atoms with Crippen LogP contribution in [0.25, 0.3) is 10.8 Å². The van der Waals surface area contributed by atoms with Gasteiger partial charge in [0.1, 0.15) is 0 Å². The van der Waals surface area contributed by atoms with Crippen molar-refractivity contribution in [2.24, 2.45) is 5.92 Å². The summed E-state index contributed by atoms with van der Waals surface area (Å²) in [6, 6.07) is 26.0. The number of nitro benzene ring substituents is 1. The molecule has 4 aromatic carbocycles. The number of carboxylic acids is 1. The highest BCUT2D eigenvalue weighted by Gasteiger charge is 2.51. The van der Waals surface area contributed by atoms with Crippen molar-refractivity contribution in [2.45, 2.75) is 33.9 Å². The van der Waals surface area contributed by atoms with Crippen LogP contribution in [0, 0.1) is 16.0 Å². The van der Waals surface area contributed by atoms with Gasteiger partial charge in [0.25, 0.3) is 5.69 Å². The predicted octanol–water partition coefficient (Wildman–Crippen LogP) is 6.15. The number of carbonyl (C=O) groups is 1. The van der Waals surface area contributed by atoms with E-state index in [4.69, 9.17) is 11.6 Å². The zero-order valence-electron chi connectivity index (χ0n) is 19.5. The molecule has 37 heavy (non-hydrogen) atoms. The van der Waals surface area contributed by atoms with Gasteiger partial charge in [-0.25, -0.2) is 0 Å². The monoisotopic (exact) mass is 529 g/mol. The zero-order chi connectivity index (χ0) is 25.7. The molecule has 186 valence electrons. The molecule has 1 aliphatic carbocycles. The van der Waals surface area contributed by atoms with E-state index < -0.39 is 5.97 Å². The SMILES string of the molecule is O=C([O-])c1cccc2c1N[C@@H](c1cccc3ccccc13)[C@H]1C[C@H](Sc3ccccc3[N+](=O)[O-])[C@H](Cl)[C@H]21. The van der Waals surface area contributed by atoms with E-state index in [0.29, 0.717) is 17.0 Å². The van der Waals surface area contributed by atoms with Crippen LogP contribution in [-0.4, -0.2) is 21.5 Å². The Hall–Kier alpha value is -3.55. The van der Waals surface area contributed by atoms with Gasteiger partial charge in [-0.3, -0.25) is 10.1 Å². The summed E-state index contributed by atoms with van der Waals surface area (Å²) in [7, 11) is 0. The molecule has 1 fully saturated rings. The van der Waals surface area contributed by atoms with Crippen molar-refractivity contribution in [1.29, 1.82) is 0 Å². The van der Waals surface area contributed by atoms with E-state index >= 15 is 0 Å². The number of thioether (sulfide) groups is 1. The average molecular weight is 530 g/mol. The first kappa shape index (κ1) is 23.8. The summed E-state index contributed by atoms with van der Waals surface area (Å²) >= 11 is 8.62. The summed E-state index contributed by atoms with van der Waals surface area (Å²) < 4.78 is 0. The third-order valence-corrected chi connectivity index (χ3v) is 9.68. The number of rotatable bonds is 5. The first-order chi connectivity index (χ1) is 17.9. The van der Waals surface area contributed by atoms with Gasteiger partial charge < -0.3 is 15.2 Å². The van der Waals surface area contributed by atoms with Crippen molar-refractivity contribution in [2.75, 3.05) is 5.32 Å². The van der Waals surface area contributed by atoms with Gasteiger partial charge in [-0.05, 0) is 40.3 Å². The maximum atomic E-state index is 12.1. The fourth-order valence-corrected chi connectivity index (χ4v) is 7.96. The summed E-state index contributed by atoms with van der Waals surface area (Å²) in [6.07, 6.45) is 0.714. The molecular weight excluding hydrogens is 508 g/mol. The van der Waals surface area contributed by atoms with Gasteiger partial charge in [-0.15, -0.1) is 23.4 Å². The Kier molecular flexibility index (Phi) is 6.05. The quantitative estimate of drug-likeness (QED) is 0.189. The lowest BCUT2D eigenvalue weighted by molar-refractivity contribution is -0.387. The minimum atomic E-state index is -1.24. The topological polar surface area (TPSA) is 95.3 Å². The van der Waals surface area contributed by atoms with Crippen LogP contribution < -0.4 is 10.4 Å². The maximum absolute atomic E-state index is 12.1. The van der Waals surface area contributed by atoms with Crippen LogP contribution in [0.5, 0.6) is 0 Å². The number of benzene rings is 4. The van der Waals surface area contributed by atoms with Crippen molar-refractivity contribution in [3.63, 3.8) is 0 Å². The molecule has 6 rings (SSSR count). The number of fused-ring (bicyclic) bond motifs is 4. The number of para-hydroxylation sites is 2. The van der Waals surface area contributed by atoms with E-state index in [0.717, 1.165) is 21.9 Å². The zero-order valence-corrected chi connectivity index (χ0v) is 21.1. The normalized spacial score (nSPS) is 24.2. The van der Waals surface area contributed by atoms with E-state index in [1.165, 1.54) is 17.8 Å². The highest BCUT2D eigenvalue weighted by Crippen LogP contribution is 2.59. The van der Waals surface area contributed by atoms with Crippen LogP contribution in [0.4, 0.5) is 11.4 Å². The van der Waals surface area contributed by atoms with E-state index in [9.17, 15) is 20.0 Å². The van der Waals surface area contributed by atoms with Crippen molar-refractivity contribution in [3.05, 3.63) is 112 Å². The first-order valence-corrected chi connectivity index (χ1v) is 13.4. The van der Waals surface area contributed by atoms with E-state index in [2.05, 4.69) is 29.6 Å². The smallest absolute Gasteiger partial charge is 0.282 e. The number of aromatic carboxylic acids is 1. The Bertz CT molecular complexity index is 1540. The van der Waals surface area contributed by atoms with Gasteiger partial charge in [-0.2, -0.15) is 0 Å². The summed E-state index contributed by atoms with van der Waals surface area (Å²) in [6.45, 7) is 0. The fraction of sp³-hybridized carbons (Fsp3) is 0.207. The molecule has 0 spiro atoms. The fourth-order valence-electron chi connectivity index (χ4n) is 6.01. The molecule has 8 heteroatoms. The molecule has 0 unspecified atom stereocenters. The molecule has 0 amide bonds. The molecule has 0 aromatic heterocycles. The molecule has 1 aliphatic heterocycles. The number of anilines is 1. The van der Waals surface area contributed by atoms with Gasteiger partial charge in [0.05, 0.1) is 27.2 Å². The molecule has 0 saturated heterocycles. The van der Waals surface area contributed by atoms with Gasteiger partial charge in [-0.1, -0.05) is 72.8 Å². The molecule has 1 N–H and O–H groups in total. The number of nitrogens with zero attached hydrogens (tertiary/aromatic N) is 1. The lowest BCUT2D eigenvalue weighted by Gasteiger charge is -2.40. The Morgan fingerprint density at radius 2 is 1.65 bits per heavy atom. The minimum absolute atomic E-state index is 0.0538. The van der Waals surface area contributed by atoms with E-state index in [-0.39, 0.29) is 44.7 Å². The highest BCUT2D eigenvalue weighted by atomic mass is 35.5. The van der Waals surface area contributed by atoms with Gasteiger partial charge in [0, 0.05) is 28.5 Å². The van der Waals surface area contributed by atoms with Crippen LogP contribution in [0.2, 0.25) is 0 Å². The number of nitrogens with one attached hydrogen (secondary N) is 1. The van der Waals surface area contributed by atoms with E-state index in [1.807, 2.05) is 24.3 Å². The summed E-state index contributed by atoms with van der Waals surface area (Å²) in [4.78, 5) is 23.9. The molecule has 0 bridgehead atoms. The van der Waals surface area contributed by atoms with Gasteiger partial charge in [0.15, 0.2) is 0 Å². The number of halogens is 1. The van der Waals surface area contributed by atoms with Crippen LogP contribution in [-0.2, 0) is 0 Å². The van der Waals surface area contributed by atoms with Crippen molar-refractivity contribution in [3.8, 4) is 0 Å². The Labute approximate surface area is 222 Å². The Morgan fingerprint density at radius 3 is 2.46 bits per heavy atom. The number of carbonyl (C=O) groups excluding carboxylic acids is 1. The molecule has 6 nitrogen and oxygen atoms in total. The molecule has 1 saturated carbocycles. The summed E-state index contributed by atoms with van der Waals surface area (Å²) in [5.41, 5.74) is 2.65. The molecule has 1 heterocycles. The Morgan fingerprint density at radius 1 is 0.946 bits per heavy atom. The molecular formula is C29H22ClN2O4S-. The molecule has 4 aromatic rings. The van der Waals surface area contributed by atoms with Gasteiger partial charge in [0.2, 0.25) is 0 Å². The third-order valence-electron chi connectivity index (χ3n) is 7.57. The molecule has 0 radical (unpaired) electrons. The average Bonchev–Trinajstić information content (AvgIpc) is 3.23. The second-order valence-electron chi connectivity index (χ2n) is 9.50. The summed E-state index contributed by atoms with van der Waals surface area (Å²) in [5, 5.41) is 29.0. The number of hydrogen-bond donors (Lipinski definition) is 1. The van der Waals surface area contributed by atoms with Crippen molar-refractivity contribution in [1.82, 2.24) is 0 Å². The third kappa shape index (κ3) is 4.03. The van der Waals surface area contributed by atoms with Crippen molar-refractivity contribution < 1.29 is 14.8 Å². The maximum Gasteiger partial charge on any atom is 0.282 e. The lowest BCUT2D eigenvalue weighted by atomic mass is 9.75. The summed E-state index contributed by atoms with van der Waals surface area (Å²) in [5.74, 6) is -1.33. The largest absolute Gasteiger partial charge is 0.545 e.